The average Bonchev–Trinajstić information content (AvgIpc) is 4.05. The molecule has 61 heavy (non-hydrogen) atoms. The summed E-state index contributed by atoms with van der Waals surface area (Å²) in [7, 11) is 3.33. The lowest BCUT2D eigenvalue weighted by atomic mass is 10.0. The smallest absolute Gasteiger partial charge is 0.0726 e. The van der Waals surface area contributed by atoms with Gasteiger partial charge in [-0.1, -0.05) is 90.4 Å². The van der Waals surface area contributed by atoms with Crippen molar-refractivity contribution in [3.8, 4) is 19.5 Å². The molecule has 0 radical (unpaired) electrons. The van der Waals surface area contributed by atoms with E-state index >= 15 is 0 Å². The Hall–Kier alpha value is -1.30. The molecule has 0 aliphatic rings. The first-order valence-corrected chi connectivity index (χ1v) is 25.7. The third-order valence-electron chi connectivity index (χ3n) is 10.0. The summed E-state index contributed by atoms with van der Waals surface area (Å²) in [4.78, 5) is 5.37. The summed E-state index contributed by atoms with van der Waals surface area (Å²) in [6.07, 6.45) is 20.4. The quantitative estimate of drug-likeness (QED) is 0.0510. The topological polar surface area (TPSA) is 92.3 Å². The van der Waals surface area contributed by atoms with E-state index in [2.05, 4.69) is 35.9 Å². The van der Waals surface area contributed by atoms with E-state index in [0.717, 1.165) is 6.42 Å². The van der Waals surface area contributed by atoms with Crippen LogP contribution in [0.1, 0.15) is 114 Å². The second-order valence-electron chi connectivity index (χ2n) is 15.2. The lowest BCUT2D eigenvalue weighted by Crippen LogP contribution is -2.12. The Morgan fingerprint density at radius 2 is 0.738 bits per heavy atom. The van der Waals surface area contributed by atoms with Crippen LogP contribution in [-0.4, -0.2) is 120 Å². The van der Waals surface area contributed by atoms with Crippen LogP contribution in [0.5, 0.6) is 0 Å². The highest BCUT2D eigenvalue weighted by molar-refractivity contribution is 7.26. The SMILES string of the molecule is CCCCCCCCCCCCCCCCc1cc(-c2cc(COCCOCCOCCOCCOC)cs2)sc1-c1cc(COCCOCCOCCOCCOC)cs1. The molecule has 3 aromatic rings. The zero-order valence-electron chi connectivity index (χ0n) is 38.0. The van der Waals surface area contributed by atoms with Crippen LogP contribution in [-0.2, 0) is 67.0 Å². The van der Waals surface area contributed by atoms with Crippen molar-refractivity contribution in [3.05, 3.63) is 45.6 Å². The van der Waals surface area contributed by atoms with Crippen molar-refractivity contribution >= 4 is 34.0 Å². The molecule has 13 heteroatoms. The third kappa shape index (κ3) is 27.6. The fourth-order valence-corrected chi connectivity index (χ4v) is 9.84. The molecule has 0 bridgehead atoms. The summed E-state index contributed by atoms with van der Waals surface area (Å²) in [5, 5.41) is 4.47. The molecule has 0 spiro atoms. The molecule has 0 saturated heterocycles. The number of rotatable bonds is 45. The standard InChI is InChI=1S/C48H80O10S3/c1-4-5-6-7-8-9-10-11-12-13-14-15-16-17-18-44-37-46(45-35-42(40-59-45)38-57-33-31-55-29-27-53-25-23-51-21-19-49-2)61-48(44)47-36-43(41-60-47)39-58-34-32-56-30-28-54-26-24-52-22-20-50-3/h35-37,40-41H,4-34,38-39H2,1-3H3. The van der Waals surface area contributed by atoms with E-state index in [-0.39, 0.29) is 0 Å². The summed E-state index contributed by atoms with van der Waals surface area (Å²) in [5.41, 5.74) is 3.89. The summed E-state index contributed by atoms with van der Waals surface area (Å²) in [6.45, 7) is 12.5. The van der Waals surface area contributed by atoms with Crippen LogP contribution in [0.4, 0.5) is 0 Å². The van der Waals surface area contributed by atoms with Crippen molar-refractivity contribution in [1.82, 2.24) is 0 Å². The highest BCUT2D eigenvalue weighted by atomic mass is 32.1. The number of hydrogen-bond acceptors (Lipinski definition) is 13. The monoisotopic (exact) mass is 912 g/mol. The van der Waals surface area contributed by atoms with Crippen LogP contribution < -0.4 is 0 Å². The van der Waals surface area contributed by atoms with Gasteiger partial charge < -0.3 is 47.4 Å². The molecule has 3 heterocycles. The number of unbranched alkanes of at least 4 members (excludes halogenated alkanes) is 13. The molecule has 0 aromatic carbocycles. The molecule has 350 valence electrons. The number of methoxy groups -OCH3 is 2. The second kappa shape index (κ2) is 39.1. The van der Waals surface area contributed by atoms with Gasteiger partial charge in [0.2, 0.25) is 0 Å². The van der Waals surface area contributed by atoms with E-state index in [0.29, 0.717) is 119 Å². The predicted molar refractivity (Wildman–Crippen MR) is 253 cm³/mol. The Bertz CT molecular complexity index is 1400. The first kappa shape index (κ1) is 54.0. The third-order valence-corrected chi connectivity index (χ3v) is 13.5. The van der Waals surface area contributed by atoms with Crippen molar-refractivity contribution in [2.45, 2.75) is 116 Å². The molecule has 0 atom stereocenters. The van der Waals surface area contributed by atoms with E-state index < -0.39 is 0 Å². The molecule has 3 rings (SSSR count). The average molecular weight is 913 g/mol. The van der Waals surface area contributed by atoms with Crippen molar-refractivity contribution in [2.24, 2.45) is 0 Å². The predicted octanol–water partition coefficient (Wildman–Crippen LogP) is 11.7. The lowest BCUT2D eigenvalue weighted by molar-refractivity contribution is -0.00946. The van der Waals surface area contributed by atoms with Gasteiger partial charge in [-0.15, -0.1) is 34.0 Å². The van der Waals surface area contributed by atoms with Crippen LogP contribution in [0.15, 0.2) is 29.0 Å². The highest BCUT2D eigenvalue weighted by Crippen LogP contribution is 2.43. The maximum absolute atomic E-state index is 5.98. The summed E-state index contributed by atoms with van der Waals surface area (Å²) in [6, 6.07) is 7.06. The molecule has 0 amide bonds. The fourth-order valence-electron chi connectivity index (χ4n) is 6.59. The number of hydrogen-bond donors (Lipinski definition) is 0. The first-order chi connectivity index (χ1) is 30.2. The highest BCUT2D eigenvalue weighted by Gasteiger charge is 2.16. The van der Waals surface area contributed by atoms with E-state index in [4.69, 9.17) is 47.4 Å². The molecule has 0 N–H and O–H groups in total. The van der Waals surface area contributed by atoms with E-state index in [1.807, 2.05) is 22.7 Å². The molecule has 0 aliphatic carbocycles. The minimum atomic E-state index is 0.546. The zero-order valence-corrected chi connectivity index (χ0v) is 40.5. The van der Waals surface area contributed by atoms with Crippen LogP contribution in [0, 0.1) is 0 Å². The van der Waals surface area contributed by atoms with Crippen LogP contribution >= 0.6 is 34.0 Å². The maximum Gasteiger partial charge on any atom is 0.0726 e. The van der Waals surface area contributed by atoms with Gasteiger partial charge in [-0.05, 0) is 58.5 Å². The fraction of sp³-hybridized carbons (Fsp3) is 0.750. The van der Waals surface area contributed by atoms with E-state index in [9.17, 15) is 0 Å². The van der Waals surface area contributed by atoms with Gasteiger partial charge in [-0.25, -0.2) is 0 Å². The second-order valence-corrected chi connectivity index (χ2v) is 18.1. The Labute approximate surface area is 381 Å². The molecule has 0 saturated carbocycles. The Morgan fingerprint density at radius 1 is 0.377 bits per heavy atom. The molecular weight excluding hydrogens is 833 g/mol. The van der Waals surface area contributed by atoms with Gasteiger partial charge in [-0.3, -0.25) is 0 Å². The number of ether oxygens (including phenoxy) is 10. The number of thiophene rings is 3. The van der Waals surface area contributed by atoms with Crippen molar-refractivity contribution in [2.75, 3.05) is 120 Å². The summed E-state index contributed by atoms with van der Waals surface area (Å²) in [5.74, 6) is 0. The van der Waals surface area contributed by atoms with Crippen LogP contribution in [0.3, 0.4) is 0 Å². The van der Waals surface area contributed by atoms with Gasteiger partial charge in [0.1, 0.15) is 0 Å². The molecule has 0 aliphatic heterocycles. The van der Waals surface area contributed by atoms with Gasteiger partial charge in [-0.2, -0.15) is 0 Å². The minimum absolute atomic E-state index is 0.546. The van der Waals surface area contributed by atoms with Gasteiger partial charge in [0.15, 0.2) is 0 Å². The van der Waals surface area contributed by atoms with Crippen molar-refractivity contribution < 1.29 is 47.4 Å². The van der Waals surface area contributed by atoms with Gasteiger partial charge in [0.05, 0.1) is 119 Å². The maximum atomic E-state index is 5.98. The molecule has 3 aromatic heterocycles. The van der Waals surface area contributed by atoms with Gasteiger partial charge in [0.25, 0.3) is 0 Å². The van der Waals surface area contributed by atoms with Crippen molar-refractivity contribution in [3.63, 3.8) is 0 Å². The molecular formula is C48H80O10S3. The lowest BCUT2D eigenvalue weighted by Gasteiger charge is -2.07. The molecule has 10 nitrogen and oxygen atoms in total. The first-order valence-electron chi connectivity index (χ1n) is 23.1. The largest absolute Gasteiger partial charge is 0.382 e. The summed E-state index contributed by atoms with van der Waals surface area (Å²) >= 11 is 5.55. The van der Waals surface area contributed by atoms with Crippen molar-refractivity contribution in [1.29, 1.82) is 0 Å². The van der Waals surface area contributed by atoms with E-state index in [1.165, 1.54) is 126 Å². The number of aryl methyl sites for hydroxylation is 1. The minimum Gasteiger partial charge on any atom is -0.382 e. The Morgan fingerprint density at radius 3 is 1.16 bits per heavy atom. The van der Waals surface area contributed by atoms with Crippen LogP contribution in [0.25, 0.3) is 19.5 Å². The van der Waals surface area contributed by atoms with Gasteiger partial charge >= 0.3 is 0 Å². The zero-order chi connectivity index (χ0) is 43.1. The van der Waals surface area contributed by atoms with E-state index in [1.54, 1.807) is 25.6 Å². The van der Waals surface area contributed by atoms with Gasteiger partial charge in [0, 0.05) is 33.7 Å². The normalized spacial score (nSPS) is 11.7. The molecule has 0 unspecified atom stereocenters. The Kier molecular flexibility index (Phi) is 34.6. The summed E-state index contributed by atoms with van der Waals surface area (Å²) < 4.78 is 55.1. The Balaban J connectivity index is 1.40. The van der Waals surface area contributed by atoms with Crippen LogP contribution in [0.2, 0.25) is 0 Å². The molecule has 0 fully saturated rings.